The van der Waals surface area contributed by atoms with Crippen molar-refractivity contribution >= 4 is 23.8 Å². The van der Waals surface area contributed by atoms with E-state index in [0.717, 1.165) is 21.8 Å². The molecule has 0 aliphatic heterocycles. The molecule has 0 N–H and O–H groups in total. The minimum atomic E-state index is 0.771. The van der Waals surface area contributed by atoms with Gasteiger partial charge in [0.1, 0.15) is 0 Å². The van der Waals surface area contributed by atoms with Crippen LogP contribution < -0.4 is 0 Å². The first-order chi connectivity index (χ1) is 9.83. The Hall–Kier alpha value is -2.25. The van der Waals surface area contributed by atoms with Crippen LogP contribution in [0.2, 0.25) is 5.02 Å². The van der Waals surface area contributed by atoms with Gasteiger partial charge in [-0.05, 0) is 41.5 Å². The van der Waals surface area contributed by atoms with Gasteiger partial charge in [0.05, 0.1) is 0 Å². The zero-order valence-corrected chi connectivity index (χ0v) is 11.7. The first-order valence-electron chi connectivity index (χ1n) is 6.49. The highest BCUT2D eigenvalue weighted by Gasteiger charge is 1.95. The van der Waals surface area contributed by atoms with Crippen LogP contribution in [-0.4, -0.2) is 4.57 Å². The Morgan fingerprint density at radius 1 is 0.750 bits per heavy atom. The first-order valence-corrected chi connectivity index (χ1v) is 6.87. The number of benzene rings is 2. The number of rotatable bonds is 3. The fourth-order valence-electron chi connectivity index (χ4n) is 2.06. The second-order valence-corrected chi connectivity index (χ2v) is 4.94. The maximum atomic E-state index is 6.13. The van der Waals surface area contributed by atoms with E-state index in [2.05, 4.69) is 34.9 Å². The van der Waals surface area contributed by atoms with Gasteiger partial charge >= 0.3 is 0 Å². The standard InChI is InChI=1S/C18H14ClN/c19-18-6-2-1-5-16(18)10-7-15-8-11-17(12-9-15)20-13-3-4-14-20/h1-14H/b10-7+. The molecule has 0 amide bonds. The molecule has 1 nitrogen and oxygen atoms in total. The van der Waals surface area contributed by atoms with Gasteiger partial charge in [-0.2, -0.15) is 0 Å². The smallest absolute Gasteiger partial charge is 0.0478 e. The molecule has 0 atom stereocenters. The van der Waals surface area contributed by atoms with Gasteiger partial charge in [-0.25, -0.2) is 0 Å². The number of halogens is 1. The number of nitrogens with zero attached hydrogens (tertiary/aromatic N) is 1. The average molecular weight is 280 g/mol. The van der Waals surface area contributed by atoms with E-state index < -0.39 is 0 Å². The number of hydrogen-bond donors (Lipinski definition) is 0. The topological polar surface area (TPSA) is 4.93 Å². The summed E-state index contributed by atoms with van der Waals surface area (Å²) in [5.74, 6) is 0. The molecule has 20 heavy (non-hydrogen) atoms. The molecule has 2 heteroatoms. The number of hydrogen-bond acceptors (Lipinski definition) is 0. The summed E-state index contributed by atoms with van der Waals surface area (Å²) in [6.07, 6.45) is 8.18. The van der Waals surface area contributed by atoms with E-state index in [1.807, 2.05) is 54.9 Å². The third-order valence-electron chi connectivity index (χ3n) is 3.16. The molecule has 98 valence electrons. The van der Waals surface area contributed by atoms with Crippen LogP contribution in [0.5, 0.6) is 0 Å². The summed E-state index contributed by atoms with van der Waals surface area (Å²) in [5, 5.41) is 0.771. The normalized spacial score (nSPS) is 11.1. The van der Waals surface area contributed by atoms with Crippen LogP contribution in [0.25, 0.3) is 17.8 Å². The van der Waals surface area contributed by atoms with Gasteiger partial charge in [-0.1, -0.05) is 54.1 Å². The molecule has 1 heterocycles. The van der Waals surface area contributed by atoms with Crippen molar-refractivity contribution in [2.45, 2.75) is 0 Å². The molecule has 0 saturated heterocycles. The first kappa shape index (κ1) is 12.8. The van der Waals surface area contributed by atoms with E-state index in [9.17, 15) is 0 Å². The van der Waals surface area contributed by atoms with Gasteiger partial charge in [-0.15, -0.1) is 0 Å². The van der Waals surface area contributed by atoms with Crippen molar-refractivity contribution in [2.75, 3.05) is 0 Å². The van der Waals surface area contributed by atoms with E-state index in [-0.39, 0.29) is 0 Å². The maximum Gasteiger partial charge on any atom is 0.0478 e. The Balaban J connectivity index is 1.80. The van der Waals surface area contributed by atoms with Gasteiger partial charge in [0.25, 0.3) is 0 Å². The Kier molecular flexibility index (Phi) is 3.71. The van der Waals surface area contributed by atoms with Crippen molar-refractivity contribution in [1.82, 2.24) is 4.57 Å². The minimum Gasteiger partial charge on any atom is -0.324 e. The van der Waals surface area contributed by atoms with Crippen LogP contribution in [0.4, 0.5) is 0 Å². The predicted octanol–water partition coefficient (Wildman–Crippen LogP) is 5.30. The fraction of sp³-hybridized carbons (Fsp3) is 0. The summed E-state index contributed by atoms with van der Waals surface area (Å²) in [7, 11) is 0. The monoisotopic (exact) mass is 279 g/mol. The summed E-state index contributed by atoms with van der Waals surface area (Å²) in [6, 6.07) is 20.3. The lowest BCUT2D eigenvalue weighted by Gasteiger charge is -2.03. The van der Waals surface area contributed by atoms with Crippen LogP contribution in [-0.2, 0) is 0 Å². The van der Waals surface area contributed by atoms with Crippen molar-refractivity contribution < 1.29 is 0 Å². The minimum absolute atomic E-state index is 0.771. The predicted molar refractivity (Wildman–Crippen MR) is 86.1 cm³/mol. The van der Waals surface area contributed by atoms with Gasteiger partial charge in [0.2, 0.25) is 0 Å². The molecule has 0 fully saturated rings. The van der Waals surface area contributed by atoms with Crippen molar-refractivity contribution in [3.8, 4) is 5.69 Å². The summed E-state index contributed by atoms with van der Waals surface area (Å²) >= 11 is 6.13. The molecule has 1 aromatic heterocycles. The molecular weight excluding hydrogens is 266 g/mol. The summed E-state index contributed by atoms with van der Waals surface area (Å²) < 4.78 is 2.08. The fourth-order valence-corrected chi connectivity index (χ4v) is 2.26. The molecule has 3 aromatic rings. The van der Waals surface area contributed by atoms with Crippen LogP contribution in [0, 0.1) is 0 Å². The largest absolute Gasteiger partial charge is 0.324 e. The van der Waals surface area contributed by atoms with E-state index >= 15 is 0 Å². The van der Waals surface area contributed by atoms with Crippen molar-refractivity contribution in [3.63, 3.8) is 0 Å². The number of aromatic nitrogens is 1. The van der Waals surface area contributed by atoms with E-state index in [1.165, 1.54) is 0 Å². The molecule has 3 rings (SSSR count). The second-order valence-electron chi connectivity index (χ2n) is 4.54. The van der Waals surface area contributed by atoms with Crippen LogP contribution >= 0.6 is 11.6 Å². The molecule has 2 aromatic carbocycles. The van der Waals surface area contributed by atoms with E-state index in [4.69, 9.17) is 11.6 Å². The second kappa shape index (κ2) is 5.81. The highest BCUT2D eigenvalue weighted by atomic mass is 35.5. The molecule has 0 aliphatic rings. The summed E-state index contributed by atoms with van der Waals surface area (Å²) in [6.45, 7) is 0. The summed E-state index contributed by atoms with van der Waals surface area (Å²) in [5.41, 5.74) is 3.34. The SMILES string of the molecule is Clc1ccccc1/C=C/c1ccc(-n2cccc2)cc1. The van der Waals surface area contributed by atoms with Crippen LogP contribution in [0.3, 0.4) is 0 Å². The lowest BCUT2D eigenvalue weighted by atomic mass is 10.1. The lowest BCUT2D eigenvalue weighted by molar-refractivity contribution is 1.08. The molecular formula is C18H14ClN. The third-order valence-corrected chi connectivity index (χ3v) is 3.50. The molecule has 0 unspecified atom stereocenters. The Bertz CT molecular complexity index is 709. The van der Waals surface area contributed by atoms with Crippen LogP contribution in [0.1, 0.15) is 11.1 Å². The van der Waals surface area contributed by atoms with Gasteiger partial charge in [0, 0.05) is 23.1 Å². The zero-order chi connectivity index (χ0) is 13.8. The highest BCUT2D eigenvalue weighted by molar-refractivity contribution is 6.32. The Labute approximate surface area is 123 Å². The Morgan fingerprint density at radius 2 is 1.45 bits per heavy atom. The maximum absolute atomic E-state index is 6.13. The van der Waals surface area contributed by atoms with Gasteiger partial charge in [-0.3, -0.25) is 0 Å². The van der Waals surface area contributed by atoms with Crippen LogP contribution in [0.15, 0.2) is 73.1 Å². The lowest BCUT2D eigenvalue weighted by Crippen LogP contribution is -1.88. The average Bonchev–Trinajstić information content (AvgIpc) is 3.01. The zero-order valence-electron chi connectivity index (χ0n) is 10.9. The van der Waals surface area contributed by atoms with E-state index in [1.54, 1.807) is 0 Å². The molecule has 0 saturated carbocycles. The van der Waals surface area contributed by atoms with E-state index in [0.29, 0.717) is 0 Å². The third kappa shape index (κ3) is 2.84. The molecule has 0 bridgehead atoms. The van der Waals surface area contributed by atoms with Crippen molar-refractivity contribution in [3.05, 3.63) is 89.2 Å². The van der Waals surface area contributed by atoms with Crippen molar-refractivity contribution in [2.24, 2.45) is 0 Å². The molecule has 0 spiro atoms. The van der Waals surface area contributed by atoms with Gasteiger partial charge < -0.3 is 4.57 Å². The summed E-state index contributed by atoms with van der Waals surface area (Å²) in [4.78, 5) is 0. The molecule has 0 aliphatic carbocycles. The van der Waals surface area contributed by atoms with Crippen molar-refractivity contribution in [1.29, 1.82) is 0 Å². The van der Waals surface area contributed by atoms with Gasteiger partial charge in [0.15, 0.2) is 0 Å². The highest BCUT2D eigenvalue weighted by Crippen LogP contribution is 2.18. The molecule has 0 radical (unpaired) electrons. The quantitative estimate of drug-likeness (QED) is 0.573. The Morgan fingerprint density at radius 3 is 2.15 bits per heavy atom.